The Morgan fingerprint density at radius 3 is 3.05 bits per heavy atom. The van der Waals surface area contributed by atoms with Gasteiger partial charge in [-0.05, 0) is 30.0 Å². The molecule has 1 aromatic heterocycles. The number of benzene rings is 1. The molecular weight excluding hydrogens is 242 g/mol. The van der Waals surface area contributed by atoms with Crippen LogP contribution in [-0.2, 0) is 13.0 Å². The molecule has 0 radical (unpaired) electrons. The van der Waals surface area contributed by atoms with E-state index in [1.165, 1.54) is 23.5 Å². The number of furan rings is 1. The van der Waals surface area contributed by atoms with Crippen LogP contribution in [0.4, 0.5) is 0 Å². The zero-order valence-electron chi connectivity index (χ0n) is 10.4. The van der Waals surface area contributed by atoms with Crippen molar-refractivity contribution in [2.45, 2.75) is 25.4 Å². The van der Waals surface area contributed by atoms with Gasteiger partial charge in [-0.2, -0.15) is 0 Å². The van der Waals surface area contributed by atoms with E-state index in [1.54, 1.807) is 0 Å². The van der Waals surface area contributed by atoms with E-state index in [0.29, 0.717) is 12.3 Å². The van der Waals surface area contributed by atoms with Crippen molar-refractivity contribution in [2.24, 2.45) is 0 Å². The van der Waals surface area contributed by atoms with E-state index in [4.69, 9.17) is 9.52 Å². The molecule has 1 heterocycles. The van der Waals surface area contributed by atoms with E-state index in [9.17, 15) is 4.79 Å². The standard InChI is InChI=1S/C15H15NO3/c17-15(18)12-7-8-19-14(12)9-16-13-6-5-10-3-1-2-4-11(10)13/h1-4,7-8,13,16H,5-6,9H2,(H,17,18). The summed E-state index contributed by atoms with van der Waals surface area (Å²) in [4.78, 5) is 11.0. The molecule has 0 saturated carbocycles. The van der Waals surface area contributed by atoms with E-state index in [-0.39, 0.29) is 11.6 Å². The molecule has 1 unspecified atom stereocenters. The van der Waals surface area contributed by atoms with Crippen LogP contribution in [0.15, 0.2) is 41.0 Å². The predicted octanol–water partition coefficient (Wildman–Crippen LogP) is 2.75. The molecule has 0 fully saturated rings. The SMILES string of the molecule is O=C(O)c1ccoc1CNC1CCc2ccccc21. The van der Waals surface area contributed by atoms with Crippen LogP contribution in [0.3, 0.4) is 0 Å². The zero-order valence-corrected chi connectivity index (χ0v) is 10.4. The summed E-state index contributed by atoms with van der Waals surface area (Å²) in [5.74, 6) is -0.464. The van der Waals surface area contributed by atoms with E-state index in [0.717, 1.165) is 12.8 Å². The van der Waals surface area contributed by atoms with Gasteiger partial charge in [0, 0.05) is 6.04 Å². The summed E-state index contributed by atoms with van der Waals surface area (Å²) in [6, 6.07) is 10.1. The van der Waals surface area contributed by atoms with Crippen LogP contribution in [0.1, 0.15) is 39.7 Å². The maximum Gasteiger partial charge on any atom is 0.339 e. The summed E-state index contributed by atoms with van der Waals surface area (Å²) < 4.78 is 5.23. The van der Waals surface area contributed by atoms with Gasteiger partial charge in [-0.15, -0.1) is 0 Å². The summed E-state index contributed by atoms with van der Waals surface area (Å²) in [5.41, 5.74) is 2.92. The number of aryl methyl sites for hydroxylation is 1. The Bertz CT molecular complexity index is 603. The third-order valence-corrected chi connectivity index (χ3v) is 3.62. The monoisotopic (exact) mass is 257 g/mol. The molecule has 19 heavy (non-hydrogen) atoms. The van der Waals surface area contributed by atoms with Crippen LogP contribution < -0.4 is 5.32 Å². The molecule has 2 N–H and O–H groups in total. The summed E-state index contributed by atoms with van der Waals surface area (Å²) in [5, 5.41) is 12.4. The highest BCUT2D eigenvalue weighted by Crippen LogP contribution is 2.31. The summed E-state index contributed by atoms with van der Waals surface area (Å²) in [6.07, 6.45) is 3.53. The smallest absolute Gasteiger partial charge is 0.339 e. The van der Waals surface area contributed by atoms with Gasteiger partial charge in [0.05, 0.1) is 12.8 Å². The third kappa shape index (κ3) is 2.27. The molecular formula is C15H15NO3. The number of carboxylic acids is 1. The number of hydrogen-bond donors (Lipinski definition) is 2. The second-order valence-electron chi connectivity index (χ2n) is 4.73. The Morgan fingerprint density at radius 2 is 2.21 bits per heavy atom. The first-order valence-electron chi connectivity index (χ1n) is 6.36. The van der Waals surface area contributed by atoms with Crippen molar-refractivity contribution in [3.63, 3.8) is 0 Å². The fourth-order valence-corrected chi connectivity index (χ4v) is 2.65. The van der Waals surface area contributed by atoms with Crippen molar-refractivity contribution in [3.05, 3.63) is 59.0 Å². The molecule has 0 amide bonds. The Morgan fingerprint density at radius 1 is 1.37 bits per heavy atom. The minimum absolute atomic E-state index is 0.235. The molecule has 0 spiro atoms. The number of nitrogens with one attached hydrogen (secondary N) is 1. The number of hydrogen-bond acceptors (Lipinski definition) is 3. The summed E-state index contributed by atoms with van der Waals surface area (Å²) in [6.45, 7) is 0.438. The number of carboxylic acid groups (broad SMARTS) is 1. The molecule has 0 bridgehead atoms. The maximum absolute atomic E-state index is 11.0. The Balaban J connectivity index is 1.71. The van der Waals surface area contributed by atoms with Gasteiger partial charge < -0.3 is 14.8 Å². The van der Waals surface area contributed by atoms with Crippen LogP contribution in [0.2, 0.25) is 0 Å². The lowest BCUT2D eigenvalue weighted by molar-refractivity contribution is 0.0694. The van der Waals surface area contributed by atoms with Gasteiger partial charge in [0.15, 0.2) is 0 Å². The molecule has 1 aromatic carbocycles. The van der Waals surface area contributed by atoms with Gasteiger partial charge >= 0.3 is 5.97 Å². The quantitative estimate of drug-likeness (QED) is 0.884. The van der Waals surface area contributed by atoms with Gasteiger partial charge in [0.2, 0.25) is 0 Å². The largest absolute Gasteiger partial charge is 0.478 e. The topological polar surface area (TPSA) is 62.5 Å². The van der Waals surface area contributed by atoms with Crippen molar-refractivity contribution in [1.29, 1.82) is 0 Å². The number of fused-ring (bicyclic) bond motifs is 1. The van der Waals surface area contributed by atoms with Crippen molar-refractivity contribution >= 4 is 5.97 Å². The van der Waals surface area contributed by atoms with Crippen LogP contribution in [0, 0.1) is 0 Å². The Labute approximate surface area is 111 Å². The second kappa shape index (κ2) is 4.90. The third-order valence-electron chi connectivity index (χ3n) is 3.62. The van der Waals surface area contributed by atoms with Gasteiger partial charge in [-0.25, -0.2) is 4.79 Å². The molecule has 0 saturated heterocycles. The van der Waals surface area contributed by atoms with Gasteiger partial charge in [-0.1, -0.05) is 24.3 Å². The van der Waals surface area contributed by atoms with Gasteiger partial charge in [0.25, 0.3) is 0 Å². The Hall–Kier alpha value is -2.07. The van der Waals surface area contributed by atoms with Crippen LogP contribution >= 0.6 is 0 Å². The highest BCUT2D eigenvalue weighted by Gasteiger charge is 2.22. The van der Waals surface area contributed by atoms with Crippen molar-refractivity contribution in [3.8, 4) is 0 Å². The normalized spacial score (nSPS) is 17.4. The van der Waals surface area contributed by atoms with E-state index < -0.39 is 5.97 Å². The maximum atomic E-state index is 11.0. The molecule has 98 valence electrons. The van der Waals surface area contributed by atoms with E-state index >= 15 is 0 Å². The first kappa shape index (κ1) is 12.0. The number of rotatable bonds is 4. The van der Waals surface area contributed by atoms with Crippen molar-refractivity contribution < 1.29 is 14.3 Å². The fraction of sp³-hybridized carbons (Fsp3) is 0.267. The zero-order chi connectivity index (χ0) is 13.2. The number of aromatic carboxylic acids is 1. The summed E-state index contributed by atoms with van der Waals surface area (Å²) >= 11 is 0. The molecule has 4 heteroatoms. The van der Waals surface area contributed by atoms with Crippen LogP contribution in [-0.4, -0.2) is 11.1 Å². The van der Waals surface area contributed by atoms with Gasteiger partial charge in [0.1, 0.15) is 11.3 Å². The first-order chi connectivity index (χ1) is 9.25. The van der Waals surface area contributed by atoms with Crippen molar-refractivity contribution in [1.82, 2.24) is 5.32 Å². The highest BCUT2D eigenvalue weighted by atomic mass is 16.4. The molecule has 1 aliphatic carbocycles. The minimum atomic E-state index is -0.947. The summed E-state index contributed by atoms with van der Waals surface area (Å²) in [7, 11) is 0. The lowest BCUT2D eigenvalue weighted by Crippen LogP contribution is -2.19. The molecule has 3 rings (SSSR count). The fourth-order valence-electron chi connectivity index (χ4n) is 2.65. The van der Waals surface area contributed by atoms with E-state index in [1.807, 2.05) is 6.07 Å². The molecule has 4 nitrogen and oxygen atoms in total. The first-order valence-corrected chi connectivity index (χ1v) is 6.36. The lowest BCUT2D eigenvalue weighted by Gasteiger charge is -2.13. The molecule has 1 atom stereocenters. The second-order valence-corrected chi connectivity index (χ2v) is 4.73. The minimum Gasteiger partial charge on any atom is -0.478 e. The average Bonchev–Trinajstić information content (AvgIpc) is 3.03. The Kier molecular flexibility index (Phi) is 3.09. The highest BCUT2D eigenvalue weighted by molar-refractivity contribution is 5.88. The van der Waals surface area contributed by atoms with Gasteiger partial charge in [-0.3, -0.25) is 0 Å². The van der Waals surface area contributed by atoms with Crippen LogP contribution in [0.5, 0.6) is 0 Å². The molecule has 2 aromatic rings. The van der Waals surface area contributed by atoms with Crippen LogP contribution in [0.25, 0.3) is 0 Å². The number of carbonyl (C=O) groups is 1. The molecule has 1 aliphatic rings. The van der Waals surface area contributed by atoms with E-state index in [2.05, 4.69) is 23.5 Å². The van der Waals surface area contributed by atoms with Crippen molar-refractivity contribution in [2.75, 3.05) is 0 Å². The average molecular weight is 257 g/mol. The lowest BCUT2D eigenvalue weighted by atomic mass is 10.1. The predicted molar refractivity (Wildman–Crippen MR) is 70.0 cm³/mol. The molecule has 0 aliphatic heterocycles.